The topological polar surface area (TPSA) is 29.5 Å². The summed E-state index contributed by atoms with van der Waals surface area (Å²) in [4.78, 5) is 0. The van der Waals surface area contributed by atoms with E-state index in [1.54, 1.807) is 0 Å². The third-order valence-corrected chi connectivity index (χ3v) is 5.60. The van der Waals surface area contributed by atoms with Crippen molar-refractivity contribution in [1.82, 2.24) is 0 Å². The van der Waals surface area contributed by atoms with Crippen LogP contribution in [0.5, 0.6) is 5.75 Å². The van der Waals surface area contributed by atoms with Crippen molar-refractivity contribution in [2.45, 2.75) is 18.9 Å². The van der Waals surface area contributed by atoms with Gasteiger partial charge in [-0.1, -0.05) is 33.6 Å². The number of aliphatic hydroxyl groups is 1. The minimum atomic E-state index is -0.595. The molecule has 2 aromatic carbocycles. The smallest absolute Gasteiger partial charge is 0.125 e. The zero-order valence-corrected chi connectivity index (χ0v) is 15.6. The van der Waals surface area contributed by atoms with E-state index in [9.17, 15) is 5.11 Å². The van der Waals surface area contributed by atoms with Gasteiger partial charge in [0.25, 0.3) is 0 Å². The van der Waals surface area contributed by atoms with Crippen LogP contribution in [0, 0.1) is 3.57 Å². The van der Waals surface area contributed by atoms with Crippen molar-refractivity contribution in [3.63, 3.8) is 0 Å². The fourth-order valence-electron chi connectivity index (χ4n) is 2.54. The first-order valence-electron chi connectivity index (χ1n) is 6.61. The van der Waals surface area contributed by atoms with Crippen LogP contribution in [-0.2, 0) is 12.8 Å². The molecule has 110 valence electrons. The molecule has 0 aliphatic carbocycles. The first-order valence-corrected chi connectivity index (χ1v) is 8.86. The number of halogens is 3. The highest BCUT2D eigenvalue weighted by Gasteiger charge is 2.20. The van der Waals surface area contributed by atoms with Crippen molar-refractivity contribution in [3.8, 4) is 5.75 Å². The molecule has 0 fully saturated rings. The Kier molecular flexibility index (Phi) is 4.78. The largest absolute Gasteiger partial charge is 0.493 e. The van der Waals surface area contributed by atoms with Crippen molar-refractivity contribution in [3.05, 3.63) is 60.1 Å². The molecule has 0 bridgehead atoms. The zero-order valence-electron chi connectivity index (χ0n) is 11.1. The van der Waals surface area contributed by atoms with Crippen LogP contribution < -0.4 is 4.74 Å². The van der Waals surface area contributed by atoms with Gasteiger partial charge in [0.05, 0.1) is 17.7 Å². The van der Waals surface area contributed by atoms with Crippen LogP contribution in [0.3, 0.4) is 0 Å². The molecule has 3 rings (SSSR count). The van der Waals surface area contributed by atoms with E-state index in [1.807, 2.05) is 24.3 Å². The highest BCUT2D eigenvalue weighted by atomic mass is 127. The summed E-state index contributed by atoms with van der Waals surface area (Å²) in [5.41, 5.74) is 3.05. The minimum absolute atomic E-state index is 0.513. The second kappa shape index (κ2) is 6.44. The Morgan fingerprint density at radius 2 is 2.14 bits per heavy atom. The van der Waals surface area contributed by atoms with Gasteiger partial charge in [-0.05, 0) is 63.5 Å². The van der Waals surface area contributed by atoms with Gasteiger partial charge in [0.1, 0.15) is 5.75 Å². The highest BCUT2D eigenvalue weighted by Crippen LogP contribution is 2.35. The Morgan fingerprint density at radius 3 is 2.90 bits per heavy atom. The summed E-state index contributed by atoms with van der Waals surface area (Å²) in [6.07, 6.45) is 0.841. The standard InChI is InChI=1S/C16H13BrClIO2/c17-12-5-10-3-4-21-16(10)11(6-12)8-15(20)9-1-2-14(19)13(18)7-9/h1-2,5-7,15,20H,3-4,8H2. The van der Waals surface area contributed by atoms with E-state index in [0.29, 0.717) is 18.1 Å². The van der Waals surface area contributed by atoms with Gasteiger partial charge in [0.2, 0.25) is 0 Å². The lowest BCUT2D eigenvalue weighted by atomic mass is 9.99. The Morgan fingerprint density at radius 1 is 1.33 bits per heavy atom. The van der Waals surface area contributed by atoms with E-state index >= 15 is 0 Å². The average Bonchev–Trinajstić information content (AvgIpc) is 2.90. The average molecular weight is 480 g/mol. The molecular weight excluding hydrogens is 466 g/mol. The number of aliphatic hydroxyl groups excluding tert-OH is 1. The molecule has 1 aliphatic rings. The lowest BCUT2D eigenvalue weighted by molar-refractivity contribution is 0.177. The summed E-state index contributed by atoms with van der Waals surface area (Å²) >= 11 is 11.8. The van der Waals surface area contributed by atoms with Crippen LogP contribution in [0.1, 0.15) is 22.8 Å². The number of benzene rings is 2. The molecule has 1 aliphatic heterocycles. The van der Waals surface area contributed by atoms with Gasteiger partial charge in [-0.2, -0.15) is 0 Å². The summed E-state index contributed by atoms with van der Waals surface area (Å²) in [5.74, 6) is 0.925. The van der Waals surface area contributed by atoms with Crippen LogP contribution in [0.25, 0.3) is 0 Å². The Labute approximate surface area is 150 Å². The normalized spacial score (nSPS) is 14.7. The molecule has 2 aromatic rings. The molecule has 5 heteroatoms. The van der Waals surface area contributed by atoms with Crippen molar-refractivity contribution in [1.29, 1.82) is 0 Å². The van der Waals surface area contributed by atoms with Crippen molar-refractivity contribution in [2.24, 2.45) is 0 Å². The molecule has 0 saturated carbocycles. The molecular formula is C16H13BrClIO2. The molecule has 21 heavy (non-hydrogen) atoms. The van der Waals surface area contributed by atoms with E-state index < -0.39 is 6.10 Å². The van der Waals surface area contributed by atoms with E-state index in [1.165, 1.54) is 5.56 Å². The van der Waals surface area contributed by atoms with E-state index in [2.05, 4.69) is 44.6 Å². The van der Waals surface area contributed by atoms with E-state index in [0.717, 1.165) is 31.3 Å². The quantitative estimate of drug-likeness (QED) is 0.634. The second-order valence-corrected chi connectivity index (χ2v) is 7.53. The second-order valence-electron chi connectivity index (χ2n) is 5.05. The van der Waals surface area contributed by atoms with Crippen LogP contribution in [-0.4, -0.2) is 11.7 Å². The predicted octanol–water partition coefficient (Wildman–Crippen LogP) is 4.92. The van der Waals surface area contributed by atoms with Crippen LogP contribution in [0.4, 0.5) is 0 Å². The fourth-order valence-corrected chi connectivity index (χ4v) is 3.62. The monoisotopic (exact) mass is 478 g/mol. The molecule has 1 unspecified atom stereocenters. The lowest BCUT2D eigenvalue weighted by Crippen LogP contribution is -2.04. The van der Waals surface area contributed by atoms with Gasteiger partial charge in [-0.3, -0.25) is 0 Å². The summed E-state index contributed by atoms with van der Waals surface area (Å²) < 4.78 is 7.71. The van der Waals surface area contributed by atoms with E-state index in [4.69, 9.17) is 16.3 Å². The molecule has 0 spiro atoms. The van der Waals surface area contributed by atoms with Gasteiger partial charge in [0, 0.05) is 20.9 Å². The molecule has 1 heterocycles. The van der Waals surface area contributed by atoms with Crippen molar-refractivity contribution < 1.29 is 9.84 Å². The van der Waals surface area contributed by atoms with Crippen molar-refractivity contribution >= 4 is 50.1 Å². The molecule has 0 saturated heterocycles. The van der Waals surface area contributed by atoms with Crippen LogP contribution in [0.15, 0.2) is 34.8 Å². The maximum atomic E-state index is 10.5. The maximum absolute atomic E-state index is 10.5. The Balaban J connectivity index is 1.88. The number of fused-ring (bicyclic) bond motifs is 1. The summed E-state index contributed by atoms with van der Waals surface area (Å²) in [5, 5.41) is 11.1. The van der Waals surface area contributed by atoms with Gasteiger partial charge < -0.3 is 9.84 Å². The van der Waals surface area contributed by atoms with Crippen LogP contribution >= 0.6 is 50.1 Å². The van der Waals surface area contributed by atoms with E-state index in [-0.39, 0.29) is 0 Å². The predicted molar refractivity (Wildman–Crippen MR) is 96.2 cm³/mol. The van der Waals surface area contributed by atoms with Crippen molar-refractivity contribution in [2.75, 3.05) is 6.61 Å². The SMILES string of the molecule is OC(Cc1cc(Br)cc2c1OCC2)c1ccc(I)c(Cl)c1. The zero-order chi connectivity index (χ0) is 15.0. The first kappa shape index (κ1) is 15.6. The molecule has 2 nitrogen and oxygen atoms in total. The third-order valence-electron chi connectivity index (χ3n) is 3.57. The Hall–Kier alpha value is -0.300. The molecule has 0 aromatic heterocycles. The molecule has 0 amide bonds. The number of rotatable bonds is 3. The Bertz CT molecular complexity index is 690. The van der Waals surface area contributed by atoms with Gasteiger partial charge >= 0.3 is 0 Å². The number of ether oxygens (including phenoxy) is 1. The lowest BCUT2D eigenvalue weighted by Gasteiger charge is -2.15. The number of hydrogen-bond donors (Lipinski definition) is 1. The molecule has 0 radical (unpaired) electrons. The fraction of sp³-hybridized carbons (Fsp3) is 0.250. The number of hydrogen-bond acceptors (Lipinski definition) is 2. The third kappa shape index (κ3) is 3.38. The summed E-state index contributed by atoms with van der Waals surface area (Å²) in [6, 6.07) is 9.76. The van der Waals surface area contributed by atoms with Gasteiger partial charge in [-0.25, -0.2) is 0 Å². The molecule has 1 atom stereocenters. The summed E-state index contributed by atoms with van der Waals surface area (Å²) in [6.45, 7) is 0.713. The van der Waals surface area contributed by atoms with Crippen LogP contribution in [0.2, 0.25) is 5.02 Å². The minimum Gasteiger partial charge on any atom is -0.493 e. The van der Waals surface area contributed by atoms with Gasteiger partial charge in [0.15, 0.2) is 0 Å². The summed E-state index contributed by atoms with van der Waals surface area (Å²) in [7, 11) is 0. The maximum Gasteiger partial charge on any atom is 0.125 e. The van der Waals surface area contributed by atoms with Gasteiger partial charge in [-0.15, -0.1) is 0 Å². The first-order chi connectivity index (χ1) is 10.0. The molecule has 1 N–H and O–H groups in total. The highest BCUT2D eigenvalue weighted by molar-refractivity contribution is 14.1.